The molecule has 2 bridgehead atoms. The number of anilines is 2. The molecular weight excluding hydrogens is 648 g/mol. The van der Waals surface area contributed by atoms with Crippen LogP contribution in [0.1, 0.15) is 31.2 Å². The lowest BCUT2D eigenvalue weighted by Crippen LogP contribution is -2.66. The van der Waals surface area contributed by atoms with Gasteiger partial charge in [-0.2, -0.15) is 23.1 Å². The summed E-state index contributed by atoms with van der Waals surface area (Å²) in [5.74, 6) is -1.88. The van der Waals surface area contributed by atoms with E-state index in [9.17, 15) is 22.0 Å². The third-order valence-electron chi connectivity index (χ3n) is 9.98. The minimum absolute atomic E-state index is 0.0111. The molecule has 250 valence electrons. The fourth-order valence-corrected chi connectivity index (χ4v) is 8.83. The van der Waals surface area contributed by atoms with Gasteiger partial charge in [-0.15, -0.1) is 0 Å². The molecule has 3 N–H and O–H groups in total. The molecule has 0 saturated carbocycles. The van der Waals surface area contributed by atoms with Gasteiger partial charge in [0, 0.05) is 67.8 Å². The van der Waals surface area contributed by atoms with Crippen LogP contribution in [0.5, 0.6) is 6.01 Å². The van der Waals surface area contributed by atoms with Crippen LogP contribution >= 0.6 is 11.3 Å². The van der Waals surface area contributed by atoms with Gasteiger partial charge in [0.05, 0.1) is 27.9 Å². The normalized spacial score (nSPS) is 27.5. The summed E-state index contributed by atoms with van der Waals surface area (Å²) in [6, 6.07) is 2.88. The van der Waals surface area contributed by atoms with E-state index in [0.717, 1.165) is 42.4 Å². The van der Waals surface area contributed by atoms with Gasteiger partial charge in [0.25, 0.3) is 0 Å². The highest BCUT2D eigenvalue weighted by Crippen LogP contribution is 2.48. The summed E-state index contributed by atoms with van der Waals surface area (Å²) in [6.07, 6.45) is -3.42. The molecule has 47 heavy (non-hydrogen) atoms. The maximum Gasteiger partial charge on any atom is 0.417 e. The minimum Gasteiger partial charge on any atom is -0.461 e. The molecule has 4 aromatic rings. The Bertz CT molecular complexity index is 1880. The second kappa shape index (κ2) is 11.0. The van der Waals surface area contributed by atoms with Crippen LogP contribution in [0, 0.1) is 11.6 Å². The number of ether oxygens (including phenoxy) is 2. The topological polar surface area (TPSA) is 102 Å². The van der Waals surface area contributed by atoms with Crippen molar-refractivity contribution in [1.29, 1.82) is 0 Å². The Kier molecular flexibility index (Phi) is 7.24. The second-order valence-electron chi connectivity index (χ2n) is 13.0. The number of nitrogens with zero attached hydrogens (tertiary/aromatic N) is 5. The summed E-state index contributed by atoms with van der Waals surface area (Å²) in [6.45, 7) is 1.58. The van der Waals surface area contributed by atoms with Crippen LogP contribution < -0.4 is 20.7 Å². The zero-order valence-electron chi connectivity index (χ0n) is 25.2. The van der Waals surface area contributed by atoms with Gasteiger partial charge in [0.1, 0.15) is 29.9 Å². The number of hydrogen-bond acceptors (Lipinski definition) is 10. The molecule has 4 aliphatic rings. The molecule has 9 nitrogen and oxygen atoms in total. The van der Waals surface area contributed by atoms with E-state index in [1.807, 2.05) is 9.80 Å². The first-order valence-electron chi connectivity index (χ1n) is 15.4. The maximum absolute atomic E-state index is 16.9. The van der Waals surface area contributed by atoms with Gasteiger partial charge in [-0.05, 0) is 37.5 Å². The van der Waals surface area contributed by atoms with Crippen molar-refractivity contribution >= 4 is 43.4 Å². The quantitative estimate of drug-likeness (QED) is 0.252. The molecule has 5 atom stereocenters. The Morgan fingerprint density at radius 1 is 1.06 bits per heavy atom. The van der Waals surface area contributed by atoms with Crippen molar-refractivity contribution in [2.24, 2.45) is 0 Å². The highest BCUT2D eigenvalue weighted by atomic mass is 32.1. The Balaban J connectivity index is 1.28. The minimum atomic E-state index is -5.00. The third kappa shape index (κ3) is 5.06. The van der Waals surface area contributed by atoms with E-state index >= 15 is 4.39 Å². The molecule has 16 heteroatoms. The van der Waals surface area contributed by atoms with Crippen molar-refractivity contribution in [2.45, 2.75) is 61.7 Å². The summed E-state index contributed by atoms with van der Waals surface area (Å²) in [5.41, 5.74) is 2.25. The Labute approximate surface area is 269 Å². The van der Waals surface area contributed by atoms with Gasteiger partial charge >= 0.3 is 12.2 Å². The smallest absolute Gasteiger partial charge is 0.417 e. The number of benzene rings is 2. The van der Waals surface area contributed by atoms with Gasteiger partial charge in [-0.1, -0.05) is 11.3 Å². The van der Waals surface area contributed by atoms with Crippen molar-refractivity contribution in [3.8, 4) is 17.1 Å². The van der Waals surface area contributed by atoms with Crippen LogP contribution in [-0.4, -0.2) is 89.6 Å². The molecule has 5 unspecified atom stereocenters. The zero-order chi connectivity index (χ0) is 32.8. The van der Waals surface area contributed by atoms with Gasteiger partial charge in [-0.3, -0.25) is 4.90 Å². The first-order valence-corrected chi connectivity index (χ1v) is 16.3. The first-order chi connectivity index (χ1) is 22.4. The fraction of sp³-hybridized carbons (Fsp3) is 0.516. The average molecular weight is 680 g/mol. The van der Waals surface area contributed by atoms with Crippen molar-refractivity contribution in [2.75, 3.05) is 50.6 Å². The second-order valence-corrected chi connectivity index (χ2v) is 14.0. The maximum atomic E-state index is 16.9. The molecule has 2 aromatic carbocycles. The van der Waals surface area contributed by atoms with Crippen molar-refractivity contribution in [3.05, 3.63) is 35.4 Å². The van der Waals surface area contributed by atoms with E-state index in [4.69, 9.17) is 15.2 Å². The lowest BCUT2D eigenvalue weighted by Gasteiger charge is -2.53. The van der Waals surface area contributed by atoms with E-state index in [2.05, 4.69) is 20.3 Å². The van der Waals surface area contributed by atoms with Crippen molar-refractivity contribution in [1.82, 2.24) is 25.2 Å². The van der Waals surface area contributed by atoms with Crippen LogP contribution in [-0.2, 0) is 10.9 Å². The standard InChI is InChI=1S/C31H31F6N7O2S/c1-45-12-17-8-30(7-14(32)9-44(17)30)13-46-29-41-24-19(27(42-29)43-10-15-2-3-16(11-43)39-15)6-20(31(35,36)37)22(23(24)34)18-4-5-21(33)26-25(18)40-28(38)47-26/h4-6,14-17,39H,2-3,7-13H2,1H3,(H2,38,40). The SMILES string of the molecule is COCC1CC2(COc3nc(N4CC5CCC(C4)N5)c4cc(C(F)(F)F)c(-c5ccc(F)c6sc(N)nc56)c(F)c4n3)CC(F)CN12. The number of nitrogens with one attached hydrogen (secondary N) is 1. The van der Waals surface area contributed by atoms with Crippen LogP contribution in [0.15, 0.2) is 18.2 Å². The van der Waals surface area contributed by atoms with E-state index in [1.165, 1.54) is 0 Å². The monoisotopic (exact) mass is 679 g/mol. The number of piperazine rings is 1. The molecule has 4 aliphatic heterocycles. The van der Waals surface area contributed by atoms with Crippen LogP contribution in [0.2, 0.25) is 0 Å². The molecule has 0 amide bonds. The summed E-state index contributed by atoms with van der Waals surface area (Å²) < 4.78 is 102. The van der Waals surface area contributed by atoms with Crippen LogP contribution in [0.4, 0.5) is 37.3 Å². The van der Waals surface area contributed by atoms with E-state index in [-0.39, 0.29) is 81.3 Å². The van der Waals surface area contributed by atoms with E-state index in [0.29, 0.717) is 26.1 Å². The van der Waals surface area contributed by atoms with Gasteiger partial charge in [-0.25, -0.2) is 18.2 Å². The summed E-state index contributed by atoms with van der Waals surface area (Å²) in [7, 11) is 1.58. The summed E-state index contributed by atoms with van der Waals surface area (Å²) in [5, 5.41) is 3.28. The fourth-order valence-electron chi connectivity index (χ4n) is 8.06. The molecular formula is C31H31F6N7O2S. The van der Waals surface area contributed by atoms with Gasteiger partial charge in [0.15, 0.2) is 10.9 Å². The Morgan fingerprint density at radius 2 is 1.83 bits per heavy atom. The van der Waals surface area contributed by atoms with Crippen LogP contribution in [0.25, 0.3) is 32.2 Å². The number of nitrogens with two attached hydrogens (primary N) is 1. The highest BCUT2D eigenvalue weighted by molar-refractivity contribution is 7.22. The number of methoxy groups -OCH3 is 1. The van der Waals surface area contributed by atoms with E-state index < -0.39 is 40.6 Å². The molecule has 2 aromatic heterocycles. The number of hydrogen-bond donors (Lipinski definition) is 2. The lowest BCUT2D eigenvalue weighted by molar-refractivity contribution is -0.137. The van der Waals surface area contributed by atoms with Crippen molar-refractivity contribution < 1.29 is 35.8 Å². The van der Waals surface area contributed by atoms with Gasteiger partial charge in [0.2, 0.25) is 0 Å². The number of halogens is 6. The summed E-state index contributed by atoms with van der Waals surface area (Å²) in [4.78, 5) is 16.8. The number of fused-ring (bicyclic) bond motifs is 5. The van der Waals surface area contributed by atoms with E-state index in [1.54, 1.807) is 7.11 Å². The Morgan fingerprint density at radius 3 is 2.55 bits per heavy atom. The molecule has 0 aliphatic carbocycles. The molecule has 6 heterocycles. The molecule has 4 saturated heterocycles. The number of thiazole rings is 1. The highest BCUT2D eigenvalue weighted by Gasteiger charge is 2.58. The number of aromatic nitrogens is 3. The van der Waals surface area contributed by atoms with Gasteiger partial charge < -0.3 is 25.4 Å². The van der Waals surface area contributed by atoms with Crippen LogP contribution in [0.3, 0.4) is 0 Å². The average Bonchev–Trinajstić information content (AvgIpc) is 3.66. The predicted octanol–water partition coefficient (Wildman–Crippen LogP) is 5.31. The van der Waals surface area contributed by atoms with Crippen molar-refractivity contribution in [3.63, 3.8) is 0 Å². The lowest BCUT2D eigenvalue weighted by atomic mass is 9.79. The molecule has 0 spiro atoms. The predicted molar refractivity (Wildman–Crippen MR) is 164 cm³/mol. The molecule has 0 radical (unpaired) electrons. The summed E-state index contributed by atoms with van der Waals surface area (Å²) >= 11 is 0.759. The third-order valence-corrected chi connectivity index (χ3v) is 10.9. The Hall–Kier alpha value is -3.47. The molecule has 8 rings (SSSR count). The number of nitrogen functional groups attached to an aromatic ring is 1. The number of rotatable bonds is 7. The molecule has 4 fully saturated rings. The first kappa shape index (κ1) is 30.8. The number of alkyl halides is 4. The zero-order valence-corrected chi connectivity index (χ0v) is 26.0. The largest absolute Gasteiger partial charge is 0.461 e.